The number of carbonyl (C=O) groups is 2. The van der Waals surface area contributed by atoms with Crippen molar-refractivity contribution in [2.75, 3.05) is 19.4 Å². The Hall–Kier alpha value is -1.18. The highest BCUT2D eigenvalue weighted by Gasteiger charge is 2.20. The number of nitrogens with one attached hydrogen (secondary N) is 1. The lowest BCUT2D eigenvalue weighted by atomic mass is 10.3. The zero-order chi connectivity index (χ0) is 18.7. The number of benzene rings is 1. The standard InChI is InChI=1S/C15H11Cl4N3O2S/c1-22(2)15(24)25-8-5-3-7(4-6-8)20-14(23)12-10(17)9(16)11(18)13(19)21-12/h3-6H,1-2H3,(H,20,23). The summed E-state index contributed by atoms with van der Waals surface area (Å²) in [5.74, 6) is -0.588. The maximum absolute atomic E-state index is 12.3. The van der Waals surface area contributed by atoms with Gasteiger partial charge in [0, 0.05) is 24.7 Å². The number of thioether (sulfide) groups is 1. The van der Waals surface area contributed by atoms with E-state index in [4.69, 9.17) is 46.4 Å². The molecule has 0 saturated heterocycles. The van der Waals surface area contributed by atoms with E-state index in [1.54, 1.807) is 38.4 Å². The quantitative estimate of drug-likeness (QED) is 0.491. The summed E-state index contributed by atoms with van der Waals surface area (Å²) >= 11 is 24.7. The number of nitrogens with zero attached hydrogens (tertiary/aromatic N) is 2. The Kier molecular flexibility index (Phi) is 6.82. The molecule has 1 aromatic carbocycles. The van der Waals surface area contributed by atoms with E-state index in [9.17, 15) is 9.59 Å². The van der Waals surface area contributed by atoms with Crippen LogP contribution in [0.2, 0.25) is 20.2 Å². The van der Waals surface area contributed by atoms with Crippen molar-refractivity contribution < 1.29 is 9.59 Å². The van der Waals surface area contributed by atoms with Gasteiger partial charge in [-0.3, -0.25) is 9.59 Å². The molecular weight excluding hydrogens is 428 g/mol. The fourth-order valence-electron chi connectivity index (χ4n) is 1.63. The summed E-state index contributed by atoms with van der Waals surface area (Å²) in [4.78, 5) is 30.0. The van der Waals surface area contributed by atoms with Crippen LogP contribution in [-0.4, -0.2) is 35.1 Å². The molecule has 0 spiro atoms. The number of aromatic nitrogens is 1. The van der Waals surface area contributed by atoms with E-state index in [0.717, 1.165) is 16.7 Å². The lowest BCUT2D eigenvalue weighted by Crippen LogP contribution is -2.16. The average molecular weight is 439 g/mol. The number of carbonyl (C=O) groups excluding carboxylic acids is 2. The van der Waals surface area contributed by atoms with Crippen LogP contribution in [0, 0.1) is 0 Å². The van der Waals surface area contributed by atoms with Crippen LogP contribution in [-0.2, 0) is 0 Å². The molecule has 0 aliphatic heterocycles. The van der Waals surface area contributed by atoms with E-state index in [1.165, 1.54) is 4.90 Å². The number of amides is 2. The molecule has 5 nitrogen and oxygen atoms in total. The van der Waals surface area contributed by atoms with E-state index in [0.29, 0.717) is 5.69 Å². The molecule has 0 unspecified atom stereocenters. The van der Waals surface area contributed by atoms with Crippen LogP contribution in [0.15, 0.2) is 29.2 Å². The zero-order valence-corrected chi connectivity index (χ0v) is 16.8. The molecule has 10 heteroatoms. The van der Waals surface area contributed by atoms with Gasteiger partial charge in [-0.15, -0.1) is 0 Å². The Morgan fingerprint density at radius 1 is 1.00 bits per heavy atom. The number of hydrogen-bond acceptors (Lipinski definition) is 4. The molecule has 0 fully saturated rings. The highest BCUT2D eigenvalue weighted by Crippen LogP contribution is 2.36. The normalized spacial score (nSPS) is 10.5. The van der Waals surface area contributed by atoms with Crippen LogP contribution in [0.5, 0.6) is 0 Å². The molecule has 0 aliphatic carbocycles. The number of hydrogen-bond donors (Lipinski definition) is 1. The zero-order valence-electron chi connectivity index (χ0n) is 12.9. The minimum Gasteiger partial charge on any atom is -0.339 e. The Bertz CT molecular complexity index is 829. The maximum Gasteiger partial charge on any atom is 0.285 e. The van der Waals surface area contributed by atoms with Crippen molar-refractivity contribution in [1.82, 2.24) is 9.88 Å². The first-order valence-corrected chi connectivity index (χ1v) is 9.04. The Balaban J connectivity index is 2.15. The van der Waals surface area contributed by atoms with Gasteiger partial charge in [-0.25, -0.2) is 4.98 Å². The van der Waals surface area contributed by atoms with Gasteiger partial charge in [0.1, 0.15) is 10.8 Å². The number of rotatable bonds is 3. The molecule has 0 aliphatic rings. The lowest BCUT2D eigenvalue weighted by Gasteiger charge is -2.11. The first kappa shape index (κ1) is 20.1. The van der Waals surface area contributed by atoms with Gasteiger partial charge in [0.15, 0.2) is 0 Å². The predicted octanol–water partition coefficient (Wildman–Crippen LogP) is 5.72. The van der Waals surface area contributed by atoms with Gasteiger partial charge in [-0.1, -0.05) is 46.4 Å². The molecular formula is C15H11Cl4N3O2S. The fourth-order valence-corrected chi connectivity index (χ4v) is 3.10. The van der Waals surface area contributed by atoms with Crippen molar-refractivity contribution in [3.8, 4) is 0 Å². The van der Waals surface area contributed by atoms with Gasteiger partial charge in [-0.05, 0) is 36.0 Å². The van der Waals surface area contributed by atoms with Crippen molar-refractivity contribution in [1.29, 1.82) is 0 Å². The van der Waals surface area contributed by atoms with Crippen molar-refractivity contribution in [3.63, 3.8) is 0 Å². The number of pyridine rings is 1. The van der Waals surface area contributed by atoms with Gasteiger partial charge in [0.25, 0.3) is 11.1 Å². The third kappa shape index (κ3) is 4.92. The van der Waals surface area contributed by atoms with Gasteiger partial charge in [0.2, 0.25) is 0 Å². The molecule has 2 rings (SSSR count). The van der Waals surface area contributed by atoms with Gasteiger partial charge in [-0.2, -0.15) is 0 Å². The number of halogens is 4. The van der Waals surface area contributed by atoms with Gasteiger partial charge >= 0.3 is 0 Å². The summed E-state index contributed by atoms with van der Waals surface area (Å²) in [6.45, 7) is 0. The second-order valence-corrected chi connectivity index (χ2v) is 7.45. The van der Waals surface area contributed by atoms with Gasteiger partial charge in [0.05, 0.1) is 15.1 Å². The molecule has 0 saturated carbocycles. The van der Waals surface area contributed by atoms with Crippen LogP contribution < -0.4 is 5.32 Å². The van der Waals surface area contributed by atoms with Crippen molar-refractivity contribution in [2.24, 2.45) is 0 Å². The van der Waals surface area contributed by atoms with Crippen LogP contribution in [0.3, 0.4) is 0 Å². The van der Waals surface area contributed by atoms with Crippen LogP contribution in [0.4, 0.5) is 10.5 Å². The molecule has 2 amide bonds. The molecule has 1 aromatic heterocycles. The Morgan fingerprint density at radius 2 is 1.60 bits per heavy atom. The molecule has 132 valence electrons. The minimum absolute atomic E-state index is 0.0168. The molecule has 2 aromatic rings. The van der Waals surface area contributed by atoms with Crippen molar-refractivity contribution in [3.05, 3.63) is 50.2 Å². The first-order chi connectivity index (χ1) is 11.7. The SMILES string of the molecule is CN(C)C(=O)Sc1ccc(NC(=O)c2nc(Cl)c(Cl)c(Cl)c2Cl)cc1. The van der Waals surface area contributed by atoms with E-state index in [1.807, 2.05) is 0 Å². The molecule has 1 heterocycles. The van der Waals surface area contributed by atoms with Gasteiger partial charge < -0.3 is 10.2 Å². The molecule has 0 radical (unpaired) electrons. The molecule has 0 bridgehead atoms. The van der Waals surface area contributed by atoms with Crippen molar-refractivity contribution in [2.45, 2.75) is 4.90 Å². The second-order valence-electron chi connectivity index (χ2n) is 4.93. The first-order valence-electron chi connectivity index (χ1n) is 6.71. The number of anilines is 1. The van der Waals surface area contributed by atoms with Crippen molar-refractivity contribution >= 4 is 75.0 Å². The summed E-state index contributed by atoms with van der Waals surface area (Å²) in [6, 6.07) is 6.71. The summed E-state index contributed by atoms with van der Waals surface area (Å²) in [5.41, 5.74) is 0.356. The Labute approximate surface area is 168 Å². The smallest absolute Gasteiger partial charge is 0.285 e. The van der Waals surface area contributed by atoms with Crippen LogP contribution in [0.1, 0.15) is 10.5 Å². The fraction of sp³-hybridized carbons (Fsp3) is 0.133. The second kappa shape index (κ2) is 8.47. The van der Waals surface area contributed by atoms with Crippen LogP contribution >= 0.6 is 58.2 Å². The minimum atomic E-state index is -0.588. The van der Waals surface area contributed by atoms with E-state index in [2.05, 4.69) is 10.3 Å². The third-order valence-electron chi connectivity index (χ3n) is 2.88. The monoisotopic (exact) mass is 437 g/mol. The molecule has 1 N–H and O–H groups in total. The van der Waals surface area contributed by atoms with E-state index >= 15 is 0 Å². The molecule has 25 heavy (non-hydrogen) atoms. The van der Waals surface area contributed by atoms with Crippen LogP contribution in [0.25, 0.3) is 0 Å². The Morgan fingerprint density at radius 3 is 2.16 bits per heavy atom. The average Bonchev–Trinajstić information content (AvgIpc) is 2.57. The highest BCUT2D eigenvalue weighted by atomic mass is 35.5. The largest absolute Gasteiger partial charge is 0.339 e. The maximum atomic E-state index is 12.3. The third-order valence-corrected chi connectivity index (χ3v) is 5.61. The lowest BCUT2D eigenvalue weighted by molar-refractivity contribution is 0.102. The summed E-state index contributed by atoms with van der Waals surface area (Å²) < 4.78 is 0. The highest BCUT2D eigenvalue weighted by molar-refractivity contribution is 8.13. The van der Waals surface area contributed by atoms with E-state index < -0.39 is 5.91 Å². The summed E-state index contributed by atoms with van der Waals surface area (Å²) in [6.07, 6.45) is 0. The van der Waals surface area contributed by atoms with E-state index in [-0.39, 0.29) is 31.2 Å². The topological polar surface area (TPSA) is 62.3 Å². The molecule has 0 atom stereocenters. The summed E-state index contributed by atoms with van der Waals surface area (Å²) in [7, 11) is 3.34. The summed E-state index contributed by atoms with van der Waals surface area (Å²) in [5, 5.41) is 2.27. The predicted molar refractivity (Wildman–Crippen MR) is 104 cm³/mol.